The number of allylic oxidation sites excluding steroid dienone is 1. The number of hydrogen-bond acceptors (Lipinski definition) is 13. The van der Waals surface area contributed by atoms with Crippen molar-refractivity contribution in [2.45, 2.75) is 13.1 Å². The van der Waals surface area contributed by atoms with Crippen LogP contribution in [0.2, 0.25) is 0 Å². The van der Waals surface area contributed by atoms with E-state index >= 15 is 0 Å². The second-order valence-electron chi connectivity index (χ2n) is 10.3. The van der Waals surface area contributed by atoms with Crippen LogP contribution in [0, 0.1) is 0 Å². The van der Waals surface area contributed by atoms with E-state index in [1.165, 1.54) is 25.7 Å². The molecule has 0 fully saturated rings. The number of carbonyl (C=O) groups is 4. The van der Waals surface area contributed by atoms with Crippen LogP contribution in [-0.4, -0.2) is 140 Å². The monoisotopic (exact) mass is 622 g/mol. The van der Waals surface area contributed by atoms with Crippen molar-refractivity contribution in [1.82, 2.24) is 19.6 Å². The minimum absolute atomic E-state index is 0.0278. The van der Waals surface area contributed by atoms with E-state index in [0.717, 1.165) is 6.07 Å². The fraction of sp³-hybridized carbons (Fsp3) is 0.444. The summed E-state index contributed by atoms with van der Waals surface area (Å²) in [5, 5.41) is 59.0. The van der Waals surface area contributed by atoms with Gasteiger partial charge in [0.2, 0.25) is 11.2 Å². The van der Waals surface area contributed by atoms with E-state index in [2.05, 4.69) is 6.58 Å². The maximum absolute atomic E-state index is 12.6. The van der Waals surface area contributed by atoms with Crippen molar-refractivity contribution in [3.8, 4) is 5.75 Å². The molecule has 17 nitrogen and oxygen atoms in total. The summed E-state index contributed by atoms with van der Waals surface area (Å²) in [7, 11) is 0. The van der Waals surface area contributed by atoms with E-state index in [9.17, 15) is 54.6 Å². The van der Waals surface area contributed by atoms with Crippen molar-refractivity contribution < 1.29 is 59.0 Å². The van der Waals surface area contributed by atoms with E-state index in [-0.39, 0.29) is 86.7 Å². The summed E-state index contributed by atoms with van der Waals surface area (Å²) in [6.07, 6.45) is 1.38. The quantitative estimate of drug-likeness (QED) is 0.207. The van der Waals surface area contributed by atoms with Gasteiger partial charge in [-0.15, -0.1) is 0 Å². The summed E-state index contributed by atoms with van der Waals surface area (Å²) in [5.41, 5.74) is -0.717. The highest BCUT2D eigenvalue weighted by Gasteiger charge is 2.26. The first-order valence-corrected chi connectivity index (χ1v) is 13.3. The first-order valence-electron chi connectivity index (χ1n) is 13.3. The predicted molar refractivity (Wildman–Crippen MR) is 149 cm³/mol. The molecule has 1 aromatic rings. The van der Waals surface area contributed by atoms with Crippen molar-refractivity contribution in [2.24, 2.45) is 0 Å². The van der Waals surface area contributed by atoms with Gasteiger partial charge in [0.1, 0.15) is 11.5 Å². The molecule has 6 N–H and O–H groups in total. The number of rotatable bonds is 8. The molecule has 2 aliphatic rings. The summed E-state index contributed by atoms with van der Waals surface area (Å²) >= 11 is 0. The molecule has 0 aromatic carbocycles. The third-order valence-electron chi connectivity index (χ3n) is 6.60. The predicted octanol–water partition coefficient (Wildman–Crippen LogP) is -0.855. The molecule has 1 aromatic heterocycles. The number of nitrogens with zero attached hydrogens (tertiary/aromatic N) is 4. The van der Waals surface area contributed by atoms with Gasteiger partial charge in [0, 0.05) is 37.8 Å². The first-order chi connectivity index (χ1) is 20.7. The SMILES string of the molecule is C=C1C=C2CN(CC(=O)O)CCN(CC(=O)O)Cc3oc(cc(=O)c3O)CN(CC(=O)O)CCN(CC(=O)O)CC(=C1O)O2. The summed E-state index contributed by atoms with van der Waals surface area (Å²) in [5.74, 6) is -6.19. The smallest absolute Gasteiger partial charge is 0.317 e. The Morgan fingerprint density at radius 3 is 1.68 bits per heavy atom. The molecule has 0 saturated carbocycles. The molecule has 0 amide bonds. The molecular weight excluding hydrogens is 588 g/mol. The maximum atomic E-state index is 12.6. The molecule has 17 heteroatoms. The number of aliphatic hydroxyl groups is 1. The van der Waals surface area contributed by atoms with E-state index in [4.69, 9.17) is 9.15 Å². The largest absolute Gasteiger partial charge is 0.504 e. The molecule has 4 bridgehead atoms. The number of ether oxygens (including phenoxy) is 1. The van der Waals surface area contributed by atoms with Gasteiger partial charge in [-0.1, -0.05) is 6.58 Å². The Morgan fingerprint density at radius 1 is 0.727 bits per heavy atom. The fourth-order valence-electron chi connectivity index (χ4n) is 4.67. The minimum atomic E-state index is -1.24. The Labute approximate surface area is 250 Å². The van der Waals surface area contributed by atoms with Gasteiger partial charge in [0.15, 0.2) is 17.3 Å². The van der Waals surface area contributed by atoms with Crippen LogP contribution in [0.3, 0.4) is 0 Å². The number of aliphatic carboxylic acids is 4. The van der Waals surface area contributed by atoms with Crippen LogP contribution in [0.4, 0.5) is 0 Å². The summed E-state index contributed by atoms with van der Waals surface area (Å²) in [4.78, 5) is 64.5. The van der Waals surface area contributed by atoms with Crippen molar-refractivity contribution in [1.29, 1.82) is 0 Å². The van der Waals surface area contributed by atoms with Gasteiger partial charge < -0.3 is 39.8 Å². The van der Waals surface area contributed by atoms with Gasteiger partial charge in [-0.2, -0.15) is 0 Å². The van der Waals surface area contributed by atoms with Crippen LogP contribution in [0.15, 0.2) is 50.8 Å². The molecule has 2 aliphatic heterocycles. The number of fused-ring (bicyclic) bond motifs is 4. The van der Waals surface area contributed by atoms with E-state index < -0.39 is 61.2 Å². The molecule has 0 radical (unpaired) electrons. The summed E-state index contributed by atoms with van der Waals surface area (Å²) in [6.45, 7) is 0.550. The van der Waals surface area contributed by atoms with Gasteiger partial charge in [-0.25, -0.2) is 0 Å². The number of hydrogen-bond donors (Lipinski definition) is 6. The van der Waals surface area contributed by atoms with Crippen LogP contribution >= 0.6 is 0 Å². The van der Waals surface area contributed by atoms with Crippen LogP contribution < -0.4 is 5.43 Å². The normalized spacial score (nSPS) is 18.5. The third-order valence-corrected chi connectivity index (χ3v) is 6.60. The second-order valence-corrected chi connectivity index (χ2v) is 10.3. The first kappa shape index (κ1) is 33.8. The van der Waals surface area contributed by atoms with Crippen LogP contribution in [0.25, 0.3) is 0 Å². The molecule has 0 aliphatic carbocycles. The Bertz CT molecular complexity index is 1420. The van der Waals surface area contributed by atoms with Crippen LogP contribution in [0.5, 0.6) is 5.75 Å². The molecule has 3 rings (SSSR count). The topological polar surface area (TPSA) is 242 Å². The fourth-order valence-corrected chi connectivity index (χ4v) is 4.67. The van der Waals surface area contributed by atoms with Crippen LogP contribution in [-0.2, 0) is 37.0 Å². The molecule has 3 heterocycles. The van der Waals surface area contributed by atoms with E-state index in [1.807, 2.05) is 0 Å². The zero-order chi connectivity index (χ0) is 32.6. The maximum Gasteiger partial charge on any atom is 0.317 e. The average Bonchev–Trinajstić information content (AvgIpc) is 2.89. The van der Waals surface area contributed by atoms with Gasteiger partial charge in [-0.05, 0) is 6.08 Å². The van der Waals surface area contributed by atoms with Crippen molar-refractivity contribution in [3.05, 3.63) is 63.3 Å². The highest BCUT2D eigenvalue weighted by Crippen LogP contribution is 2.25. The van der Waals surface area contributed by atoms with Gasteiger partial charge in [0.05, 0.1) is 52.4 Å². The Hall–Kier alpha value is -4.71. The highest BCUT2D eigenvalue weighted by molar-refractivity contribution is 5.70. The number of carboxylic acids is 4. The van der Waals surface area contributed by atoms with E-state index in [0.29, 0.717) is 0 Å². The lowest BCUT2D eigenvalue weighted by molar-refractivity contribution is -0.140. The molecular formula is C27H34N4O13. The number of aromatic hydroxyl groups is 1. The Balaban J connectivity index is 2.06. The van der Waals surface area contributed by atoms with Crippen LogP contribution in [0.1, 0.15) is 11.5 Å². The van der Waals surface area contributed by atoms with Gasteiger partial charge in [0.25, 0.3) is 0 Å². The zero-order valence-corrected chi connectivity index (χ0v) is 23.7. The lowest BCUT2D eigenvalue weighted by Crippen LogP contribution is -2.42. The summed E-state index contributed by atoms with van der Waals surface area (Å²) in [6, 6.07) is 0.968. The molecule has 0 spiro atoms. The van der Waals surface area contributed by atoms with E-state index in [1.54, 1.807) is 0 Å². The number of aliphatic hydroxyl groups excluding tert-OH is 1. The lowest BCUT2D eigenvalue weighted by atomic mass is 10.1. The van der Waals surface area contributed by atoms with Gasteiger partial charge in [-0.3, -0.25) is 43.6 Å². The van der Waals surface area contributed by atoms with Crippen molar-refractivity contribution in [3.63, 3.8) is 0 Å². The number of carboxylic acid groups (broad SMARTS) is 4. The molecule has 0 unspecified atom stereocenters. The molecule has 0 saturated heterocycles. The molecule has 240 valence electrons. The zero-order valence-electron chi connectivity index (χ0n) is 23.7. The van der Waals surface area contributed by atoms with Crippen molar-refractivity contribution in [2.75, 3.05) is 65.4 Å². The standard InChI is InChI=1S/C27H34N4O13/c1-16-6-17-8-28(12-22(33)34)2-5-31(15-25(39)40)11-21-27(42)19(32)7-18(44-21)9-29(13-23(35)36)3-4-30(14-24(37)38)10-20(43-17)26(16)41/h6-7,41-42H,1-5,8-15H2,(H,33,34)(H,35,36)(H,37,38)(H,39,40). The Kier molecular flexibility index (Phi) is 11.6. The molecule has 0 atom stereocenters. The molecule has 44 heavy (non-hydrogen) atoms. The second kappa shape index (κ2) is 15.1. The average molecular weight is 623 g/mol. The lowest BCUT2D eigenvalue weighted by Gasteiger charge is -2.30. The minimum Gasteiger partial charge on any atom is -0.504 e. The Morgan fingerprint density at radius 2 is 1.18 bits per heavy atom. The van der Waals surface area contributed by atoms with Gasteiger partial charge >= 0.3 is 23.9 Å². The summed E-state index contributed by atoms with van der Waals surface area (Å²) < 4.78 is 11.6. The van der Waals surface area contributed by atoms with Crippen molar-refractivity contribution >= 4 is 23.9 Å². The third kappa shape index (κ3) is 10.2. The highest BCUT2D eigenvalue weighted by atomic mass is 16.5.